The molecule has 0 aliphatic carbocycles. The van der Waals surface area contributed by atoms with Crippen molar-refractivity contribution in [1.82, 2.24) is 15.3 Å². The van der Waals surface area contributed by atoms with Gasteiger partial charge in [-0.15, -0.1) is 11.3 Å². The van der Waals surface area contributed by atoms with Crippen molar-refractivity contribution < 1.29 is 13.2 Å². The lowest BCUT2D eigenvalue weighted by molar-refractivity contribution is 0.0955. The third-order valence-corrected chi connectivity index (χ3v) is 7.97. The molecular weight excluding hydrogens is 430 g/mol. The number of fused-ring (bicyclic) bond motifs is 2. The maximum atomic E-state index is 13.1. The van der Waals surface area contributed by atoms with Crippen LogP contribution >= 0.6 is 11.3 Å². The Hall–Kier alpha value is -3.49. The highest BCUT2D eigenvalue weighted by atomic mass is 32.2. The lowest BCUT2D eigenvalue weighted by Gasteiger charge is -2.08. The summed E-state index contributed by atoms with van der Waals surface area (Å²) in [6.07, 6.45) is 5.16. The second kappa shape index (κ2) is 7.64. The van der Waals surface area contributed by atoms with E-state index in [0.29, 0.717) is 16.9 Å². The molecule has 2 N–H and O–H groups in total. The van der Waals surface area contributed by atoms with Crippen molar-refractivity contribution in [2.45, 2.75) is 16.3 Å². The van der Waals surface area contributed by atoms with Gasteiger partial charge in [-0.25, -0.2) is 8.42 Å². The number of hydrogen-bond donors (Lipinski definition) is 2. The Labute approximate surface area is 182 Å². The Morgan fingerprint density at radius 1 is 1.03 bits per heavy atom. The number of aromatic nitrogens is 2. The van der Waals surface area contributed by atoms with E-state index in [2.05, 4.69) is 15.3 Å². The van der Waals surface area contributed by atoms with Crippen molar-refractivity contribution in [3.63, 3.8) is 0 Å². The Balaban J connectivity index is 1.33. The zero-order valence-electron chi connectivity index (χ0n) is 16.2. The molecule has 0 atom stereocenters. The minimum Gasteiger partial charge on any atom is -0.360 e. The van der Waals surface area contributed by atoms with Crippen molar-refractivity contribution >= 4 is 48.1 Å². The molecule has 5 rings (SSSR count). The summed E-state index contributed by atoms with van der Waals surface area (Å²) in [4.78, 5) is 20.6. The first kappa shape index (κ1) is 19.5. The van der Waals surface area contributed by atoms with Gasteiger partial charge in [-0.3, -0.25) is 9.78 Å². The lowest BCUT2D eigenvalue weighted by Crippen LogP contribution is -2.21. The summed E-state index contributed by atoms with van der Waals surface area (Å²) < 4.78 is 27.2. The number of carbonyl (C=O) groups excluding carboxylic acids is 1. The van der Waals surface area contributed by atoms with Crippen LogP contribution in [0.1, 0.15) is 15.2 Å². The second-order valence-electron chi connectivity index (χ2n) is 7.05. The third-order valence-electron chi connectivity index (χ3n) is 5.07. The number of rotatable bonds is 5. The monoisotopic (exact) mass is 447 g/mol. The van der Waals surface area contributed by atoms with Crippen LogP contribution in [0.5, 0.6) is 0 Å². The molecule has 0 aliphatic heterocycles. The van der Waals surface area contributed by atoms with E-state index in [9.17, 15) is 13.2 Å². The van der Waals surface area contributed by atoms with Gasteiger partial charge in [0.05, 0.1) is 24.9 Å². The number of nitrogens with zero attached hydrogens (tertiary/aromatic N) is 1. The number of pyridine rings is 1. The van der Waals surface area contributed by atoms with Crippen LogP contribution in [0.15, 0.2) is 89.0 Å². The van der Waals surface area contributed by atoms with Crippen LogP contribution in [0, 0.1) is 0 Å². The molecule has 0 unspecified atom stereocenters. The van der Waals surface area contributed by atoms with Gasteiger partial charge < -0.3 is 10.3 Å². The largest absolute Gasteiger partial charge is 0.360 e. The zero-order chi connectivity index (χ0) is 21.4. The average Bonchev–Trinajstić information content (AvgIpc) is 3.44. The van der Waals surface area contributed by atoms with Crippen LogP contribution in [0.2, 0.25) is 0 Å². The highest BCUT2D eigenvalue weighted by Crippen LogP contribution is 2.28. The van der Waals surface area contributed by atoms with Gasteiger partial charge in [0.2, 0.25) is 9.84 Å². The topological polar surface area (TPSA) is 91.9 Å². The number of carbonyl (C=O) groups is 1. The van der Waals surface area contributed by atoms with E-state index in [1.54, 1.807) is 55.0 Å². The van der Waals surface area contributed by atoms with Gasteiger partial charge >= 0.3 is 0 Å². The minimum absolute atomic E-state index is 0.170. The Kier molecular flexibility index (Phi) is 4.80. The van der Waals surface area contributed by atoms with Crippen molar-refractivity contribution in [3.8, 4) is 0 Å². The van der Waals surface area contributed by atoms with E-state index in [-0.39, 0.29) is 15.7 Å². The fourth-order valence-corrected chi connectivity index (χ4v) is 5.86. The summed E-state index contributed by atoms with van der Waals surface area (Å²) in [5, 5.41) is 4.71. The molecule has 1 amide bonds. The minimum atomic E-state index is -3.66. The number of nitrogens with one attached hydrogen (secondary N) is 2. The van der Waals surface area contributed by atoms with Gasteiger partial charge in [0.25, 0.3) is 5.91 Å². The number of aromatic amines is 1. The first-order valence-corrected chi connectivity index (χ1v) is 11.8. The van der Waals surface area contributed by atoms with Crippen molar-refractivity contribution in [2.24, 2.45) is 0 Å². The Morgan fingerprint density at radius 3 is 2.68 bits per heavy atom. The average molecular weight is 448 g/mol. The molecule has 0 saturated heterocycles. The maximum absolute atomic E-state index is 13.1. The summed E-state index contributed by atoms with van der Waals surface area (Å²) in [5.41, 5.74) is 1.41. The zero-order valence-corrected chi connectivity index (χ0v) is 17.8. The molecule has 3 heterocycles. The molecule has 0 aliphatic rings. The predicted molar refractivity (Wildman–Crippen MR) is 121 cm³/mol. The quantitative estimate of drug-likeness (QED) is 0.414. The van der Waals surface area contributed by atoms with Crippen LogP contribution in [0.4, 0.5) is 0 Å². The Morgan fingerprint density at radius 2 is 1.87 bits per heavy atom. The normalized spacial score (nSPS) is 11.7. The maximum Gasteiger partial charge on any atom is 0.261 e. The van der Waals surface area contributed by atoms with E-state index >= 15 is 0 Å². The fourth-order valence-electron chi connectivity index (χ4n) is 3.46. The van der Waals surface area contributed by atoms with Gasteiger partial charge in [-0.05, 0) is 47.3 Å². The van der Waals surface area contributed by atoms with Crippen molar-refractivity contribution in [3.05, 3.63) is 89.7 Å². The summed E-state index contributed by atoms with van der Waals surface area (Å²) >= 11 is 1.39. The number of amides is 1. The molecule has 0 fully saturated rings. The number of sulfone groups is 1. The summed E-state index contributed by atoms with van der Waals surface area (Å²) in [7, 11) is -3.66. The molecule has 0 bridgehead atoms. The highest BCUT2D eigenvalue weighted by Gasteiger charge is 2.21. The molecule has 5 aromatic rings. The van der Waals surface area contributed by atoms with Crippen molar-refractivity contribution in [2.75, 3.05) is 0 Å². The number of hydrogen-bond acceptors (Lipinski definition) is 5. The molecule has 0 spiro atoms. The number of H-pyrrole nitrogens is 1. The first-order valence-electron chi connectivity index (χ1n) is 9.54. The van der Waals surface area contributed by atoms with E-state index in [1.165, 1.54) is 11.3 Å². The smallest absolute Gasteiger partial charge is 0.261 e. The number of benzene rings is 2. The first-order chi connectivity index (χ1) is 15.0. The fraction of sp³-hybridized carbons (Fsp3) is 0.0435. The number of para-hydroxylation sites is 1. The van der Waals surface area contributed by atoms with Crippen molar-refractivity contribution in [1.29, 1.82) is 0 Å². The molecular formula is C23H17N3O3S2. The molecule has 8 heteroatoms. The van der Waals surface area contributed by atoms with Gasteiger partial charge in [0.15, 0.2) is 0 Å². The Bertz CT molecular complexity index is 1480. The summed E-state index contributed by atoms with van der Waals surface area (Å²) in [6, 6.07) is 17.3. The summed E-state index contributed by atoms with van der Waals surface area (Å²) in [6.45, 7) is 0.303. The third kappa shape index (κ3) is 3.60. The molecule has 2 aromatic carbocycles. The lowest BCUT2D eigenvalue weighted by atomic mass is 10.2. The van der Waals surface area contributed by atoms with E-state index < -0.39 is 9.84 Å². The van der Waals surface area contributed by atoms with Crippen LogP contribution in [0.25, 0.3) is 21.0 Å². The highest BCUT2D eigenvalue weighted by molar-refractivity contribution is 7.91. The molecule has 3 aromatic heterocycles. The van der Waals surface area contributed by atoms with E-state index in [4.69, 9.17) is 0 Å². The molecule has 31 heavy (non-hydrogen) atoms. The second-order valence-corrected chi connectivity index (χ2v) is 10.1. The van der Waals surface area contributed by atoms with Gasteiger partial charge in [-0.1, -0.05) is 24.3 Å². The molecule has 0 radical (unpaired) electrons. The predicted octanol–water partition coefficient (Wildman–Crippen LogP) is 4.54. The van der Waals surface area contributed by atoms with Gasteiger partial charge in [0.1, 0.15) is 0 Å². The van der Waals surface area contributed by atoms with Gasteiger partial charge in [-0.2, -0.15) is 0 Å². The molecule has 154 valence electrons. The van der Waals surface area contributed by atoms with E-state index in [1.807, 2.05) is 24.3 Å². The van der Waals surface area contributed by atoms with Crippen LogP contribution < -0.4 is 5.32 Å². The van der Waals surface area contributed by atoms with Gasteiger partial charge in [0, 0.05) is 30.5 Å². The summed E-state index contributed by atoms with van der Waals surface area (Å²) in [5.74, 6) is -0.170. The SMILES string of the molecule is O=C(NCc1ccc(S(=O)(=O)c2cccc3cc[nH]c23)cc1)c1cc2ccncc2s1. The number of thiophene rings is 1. The molecule has 6 nitrogen and oxygen atoms in total. The van der Waals surface area contributed by atoms with E-state index in [0.717, 1.165) is 21.0 Å². The molecule has 0 saturated carbocycles. The van der Waals surface area contributed by atoms with Crippen LogP contribution in [-0.4, -0.2) is 24.3 Å². The van der Waals surface area contributed by atoms with Crippen LogP contribution in [-0.2, 0) is 16.4 Å². The standard InChI is InChI=1S/C23H17N3O3S2/c27-23(19-12-17-8-10-24-14-20(17)30-19)26-13-15-4-6-18(7-5-15)31(28,29)21-3-1-2-16-9-11-25-22(16)21/h1-12,14,25H,13H2,(H,26,27). The van der Waals surface area contributed by atoms with Crippen LogP contribution in [0.3, 0.4) is 0 Å².